The Morgan fingerprint density at radius 3 is 2.47 bits per heavy atom. The number of rotatable bonds is 1. The molecule has 0 saturated carbocycles. The summed E-state index contributed by atoms with van der Waals surface area (Å²) in [5, 5.41) is 0. The van der Waals surface area contributed by atoms with E-state index in [9.17, 15) is 0 Å². The van der Waals surface area contributed by atoms with Gasteiger partial charge in [0.15, 0.2) is 0 Å². The van der Waals surface area contributed by atoms with Gasteiger partial charge >= 0.3 is 0 Å². The fraction of sp³-hybridized carbons (Fsp3) is 0.176. The Hall–Kier alpha value is -1.54. The third-order valence-corrected chi connectivity index (χ3v) is 4.08. The molecule has 0 unspecified atom stereocenters. The highest BCUT2D eigenvalue weighted by molar-refractivity contribution is 9.10. The van der Waals surface area contributed by atoms with Crippen LogP contribution < -0.4 is 4.90 Å². The Morgan fingerprint density at radius 1 is 1.00 bits per heavy atom. The lowest BCUT2D eigenvalue weighted by Gasteiger charge is -2.35. The largest absolute Gasteiger partial charge is 0.317 e. The van der Waals surface area contributed by atoms with E-state index in [2.05, 4.69) is 89.4 Å². The summed E-state index contributed by atoms with van der Waals surface area (Å²) in [4.78, 5) is 2.24. The number of allylic oxidation sites excluding steroid dienone is 1. The molecule has 96 valence electrons. The first-order valence-electron chi connectivity index (χ1n) is 6.42. The van der Waals surface area contributed by atoms with Gasteiger partial charge in [-0.1, -0.05) is 54.1 Å². The SMILES string of the molecule is CC1(C)C=CN(c2ccccc2)c2ccc(Br)cc21. The van der Waals surface area contributed by atoms with E-state index in [0.29, 0.717) is 0 Å². The summed E-state index contributed by atoms with van der Waals surface area (Å²) in [6.07, 6.45) is 4.43. The van der Waals surface area contributed by atoms with Gasteiger partial charge in [0.05, 0.1) is 0 Å². The van der Waals surface area contributed by atoms with Crippen LogP contribution in [0.2, 0.25) is 0 Å². The lowest BCUT2D eigenvalue weighted by atomic mass is 9.81. The van der Waals surface area contributed by atoms with Crippen molar-refractivity contribution in [1.29, 1.82) is 0 Å². The van der Waals surface area contributed by atoms with Gasteiger partial charge in [-0.3, -0.25) is 0 Å². The molecule has 0 saturated heterocycles. The molecule has 1 aliphatic heterocycles. The van der Waals surface area contributed by atoms with Crippen molar-refractivity contribution in [3.8, 4) is 0 Å². The first kappa shape index (κ1) is 12.5. The molecule has 0 fully saturated rings. The fourth-order valence-corrected chi connectivity index (χ4v) is 2.84. The number of fused-ring (bicyclic) bond motifs is 1. The van der Waals surface area contributed by atoms with Crippen molar-refractivity contribution in [2.75, 3.05) is 4.90 Å². The van der Waals surface area contributed by atoms with Gasteiger partial charge in [0.1, 0.15) is 0 Å². The van der Waals surface area contributed by atoms with E-state index in [1.807, 2.05) is 6.07 Å². The Balaban J connectivity index is 2.17. The normalized spacial score (nSPS) is 16.3. The third-order valence-electron chi connectivity index (χ3n) is 3.59. The second-order valence-corrected chi connectivity index (χ2v) is 6.32. The second-order valence-electron chi connectivity index (χ2n) is 5.40. The highest BCUT2D eigenvalue weighted by Gasteiger charge is 2.27. The van der Waals surface area contributed by atoms with Crippen LogP contribution in [0.15, 0.2) is 65.3 Å². The summed E-state index contributed by atoms with van der Waals surface area (Å²) in [6, 6.07) is 17.0. The monoisotopic (exact) mass is 313 g/mol. The Labute approximate surface area is 122 Å². The number of halogens is 1. The van der Waals surface area contributed by atoms with Crippen LogP contribution in [-0.2, 0) is 5.41 Å². The Bertz CT molecular complexity index is 629. The molecular formula is C17H16BrN. The molecular weight excluding hydrogens is 298 g/mol. The number of para-hydroxylation sites is 1. The van der Waals surface area contributed by atoms with Crippen LogP contribution in [-0.4, -0.2) is 0 Å². The number of benzene rings is 2. The topological polar surface area (TPSA) is 3.24 Å². The van der Waals surface area contributed by atoms with Crippen LogP contribution in [0.1, 0.15) is 19.4 Å². The smallest absolute Gasteiger partial charge is 0.0496 e. The van der Waals surface area contributed by atoms with Crippen LogP contribution in [0.3, 0.4) is 0 Å². The van der Waals surface area contributed by atoms with Crippen LogP contribution in [0.5, 0.6) is 0 Å². The minimum Gasteiger partial charge on any atom is -0.317 e. The molecule has 0 radical (unpaired) electrons. The fourth-order valence-electron chi connectivity index (χ4n) is 2.48. The average Bonchev–Trinajstić information content (AvgIpc) is 2.41. The van der Waals surface area contributed by atoms with E-state index >= 15 is 0 Å². The molecule has 2 aromatic rings. The molecule has 0 atom stereocenters. The van der Waals surface area contributed by atoms with Gasteiger partial charge in [-0.05, 0) is 35.9 Å². The van der Waals surface area contributed by atoms with Gasteiger partial charge in [0, 0.05) is 27.5 Å². The molecule has 1 heterocycles. The van der Waals surface area contributed by atoms with E-state index in [0.717, 1.165) is 4.47 Å². The van der Waals surface area contributed by atoms with Crippen molar-refractivity contribution in [3.05, 3.63) is 70.8 Å². The summed E-state index contributed by atoms with van der Waals surface area (Å²) in [5.41, 5.74) is 3.85. The van der Waals surface area contributed by atoms with Crippen molar-refractivity contribution in [3.63, 3.8) is 0 Å². The highest BCUT2D eigenvalue weighted by Crippen LogP contribution is 2.42. The predicted octanol–water partition coefficient (Wildman–Crippen LogP) is 5.39. The quantitative estimate of drug-likeness (QED) is 0.682. The first-order chi connectivity index (χ1) is 9.08. The molecule has 2 heteroatoms. The molecule has 0 aromatic heterocycles. The maximum Gasteiger partial charge on any atom is 0.0496 e. The highest BCUT2D eigenvalue weighted by atomic mass is 79.9. The van der Waals surface area contributed by atoms with Crippen molar-refractivity contribution in [2.45, 2.75) is 19.3 Å². The molecule has 1 aliphatic rings. The van der Waals surface area contributed by atoms with Gasteiger partial charge < -0.3 is 4.90 Å². The molecule has 3 rings (SSSR count). The average molecular weight is 314 g/mol. The van der Waals surface area contributed by atoms with Crippen molar-refractivity contribution in [1.82, 2.24) is 0 Å². The molecule has 0 bridgehead atoms. The summed E-state index contributed by atoms with van der Waals surface area (Å²) in [7, 11) is 0. The number of hydrogen-bond donors (Lipinski definition) is 0. The molecule has 2 aromatic carbocycles. The molecule has 19 heavy (non-hydrogen) atoms. The summed E-state index contributed by atoms with van der Waals surface area (Å²) in [6.45, 7) is 4.49. The van der Waals surface area contributed by atoms with Crippen LogP contribution in [0.25, 0.3) is 0 Å². The summed E-state index contributed by atoms with van der Waals surface area (Å²) in [5.74, 6) is 0. The van der Waals surface area contributed by atoms with Gasteiger partial charge in [-0.2, -0.15) is 0 Å². The minimum absolute atomic E-state index is 0.0599. The molecule has 1 nitrogen and oxygen atoms in total. The lowest BCUT2D eigenvalue weighted by molar-refractivity contribution is 0.658. The molecule has 0 N–H and O–H groups in total. The standard InChI is InChI=1S/C17H16BrN/c1-17(2)10-11-19(14-6-4-3-5-7-14)16-9-8-13(18)12-15(16)17/h3-12H,1-2H3. The van der Waals surface area contributed by atoms with E-state index in [1.54, 1.807) is 0 Å². The van der Waals surface area contributed by atoms with Gasteiger partial charge in [-0.25, -0.2) is 0 Å². The van der Waals surface area contributed by atoms with Crippen LogP contribution in [0.4, 0.5) is 11.4 Å². The van der Waals surface area contributed by atoms with Gasteiger partial charge in [-0.15, -0.1) is 0 Å². The minimum atomic E-state index is 0.0599. The van der Waals surface area contributed by atoms with Crippen LogP contribution in [0, 0.1) is 0 Å². The van der Waals surface area contributed by atoms with Gasteiger partial charge in [0.2, 0.25) is 0 Å². The van der Waals surface area contributed by atoms with E-state index in [4.69, 9.17) is 0 Å². The first-order valence-corrected chi connectivity index (χ1v) is 7.21. The summed E-state index contributed by atoms with van der Waals surface area (Å²) >= 11 is 3.58. The van der Waals surface area contributed by atoms with Crippen molar-refractivity contribution < 1.29 is 0 Å². The van der Waals surface area contributed by atoms with Crippen LogP contribution >= 0.6 is 15.9 Å². The maximum absolute atomic E-state index is 3.58. The maximum atomic E-state index is 3.58. The number of hydrogen-bond acceptors (Lipinski definition) is 1. The molecule has 0 amide bonds. The third kappa shape index (κ3) is 2.21. The predicted molar refractivity (Wildman–Crippen MR) is 84.9 cm³/mol. The van der Waals surface area contributed by atoms with E-state index in [1.165, 1.54) is 16.9 Å². The second kappa shape index (κ2) is 4.53. The Kier molecular flexibility index (Phi) is 2.98. The lowest BCUT2D eigenvalue weighted by Crippen LogP contribution is -2.25. The van der Waals surface area contributed by atoms with E-state index < -0.39 is 0 Å². The van der Waals surface area contributed by atoms with E-state index in [-0.39, 0.29) is 5.41 Å². The number of anilines is 2. The molecule has 0 spiro atoms. The zero-order valence-electron chi connectivity index (χ0n) is 11.1. The van der Waals surface area contributed by atoms with Crippen molar-refractivity contribution in [2.24, 2.45) is 0 Å². The van der Waals surface area contributed by atoms with Gasteiger partial charge in [0.25, 0.3) is 0 Å². The number of nitrogens with zero attached hydrogens (tertiary/aromatic N) is 1. The zero-order valence-corrected chi connectivity index (χ0v) is 12.7. The summed E-state index contributed by atoms with van der Waals surface area (Å²) < 4.78 is 1.13. The Morgan fingerprint density at radius 2 is 1.74 bits per heavy atom. The van der Waals surface area contributed by atoms with Crippen molar-refractivity contribution >= 4 is 27.3 Å². The zero-order chi connectivity index (χ0) is 13.5. The molecule has 0 aliphatic carbocycles.